The molecule has 0 fully saturated rings. The fourth-order valence-electron chi connectivity index (χ4n) is 4.40. The van der Waals surface area contributed by atoms with Crippen molar-refractivity contribution in [3.8, 4) is 16.9 Å². The van der Waals surface area contributed by atoms with Crippen LogP contribution in [0.25, 0.3) is 11.1 Å². The molecule has 1 aliphatic rings. The van der Waals surface area contributed by atoms with E-state index in [1.807, 2.05) is 69.3 Å². The molecule has 182 valence electrons. The molecule has 0 aromatic heterocycles. The number of rotatable bonds is 9. The maximum Gasteiger partial charge on any atom is 0.321 e. The van der Waals surface area contributed by atoms with Crippen LogP contribution < -0.4 is 10.1 Å². The van der Waals surface area contributed by atoms with Crippen LogP contribution in [-0.2, 0) is 20.7 Å². The van der Waals surface area contributed by atoms with Gasteiger partial charge in [-0.3, -0.25) is 14.9 Å². The van der Waals surface area contributed by atoms with Gasteiger partial charge in [-0.1, -0.05) is 60.7 Å². The summed E-state index contributed by atoms with van der Waals surface area (Å²) in [4.78, 5) is 24.3. The monoisotopic (exact) mass is 473 g/mol. The fraction of sp³-hybridized carbons (Fsp3) is 0.310. The Hall–Kier alpha value is -3.64. The van der Waals surface area contributed by atoms with Crippen molar-refractivity contribution in [3.05, 3.63) is 89.5 Å². The summed E-state index contributed by atoms with van der Waals surface area (Å²) in [6.45, 7) is 5.93. The quantitative estimate of drug-likeness (QED) is 0.434. The van der Waals surface area contributed by atoms with E-state index in [-0.39, 0.29) is 31.1 Å². The normalized spacial score (nSPS) is 13.6. The molecule has 1 atom stereocenters. The molecule has 0 amide bonds. The maximum absolute atomic E-state index is 12.5. The largest absolute Gasteiger partial charge is 0.488 e. The number of carboxylic acid groups (broad SMARTS) is 1. The molecule has 2 N–H and O–H groups in total. The number of hydrogen-bond donors (Lipinski definition) is 2. The number of carboxylic acids is 1. The van der Waals surface area contributed by atoms with Gasteiger partial charge in [-0.25, -0.2) is 0 Å². The molecule has 3 aromatic carbocycles. The number of nitrogens with one attached hydrogen (secondary N) is 1. The molecular weight excluding hydrogens is 442 g/mol. The summed E-state index contributed by atoms with van der Waals surface area (Å²) in [7, 11) is 0. The topological polar surface area (TPSA) is 84.9 Å². The molecule has 6 heteroatoms. The van der Waals surface area contributed by atoms with Crippen molar-refractivity contribution in [2.24, 2.45) is 0 Å². The molecule has 0 aliphatic heterocycles. The maximum atomic E-state index is 12.5. The van der Waals surface area contributed by atoms with E-state index in [1.165, 1.54) is 0 Å². The van der Waals surface area contributed by atoms with Crippen molar-refractivity contribution in [1.82, 2.24) is 5.32 Å². The second-order valence-corrected chi connectivity index (χ2v) is 9.74. The molecule has 6 nitrogen and oxygen atoms in total. The summed E-state index contributed by atoms with van der Waals surface area (Å²) in [5.41, 5.74) is 5.11. The lowest BCUT2D eigenvalue weighted by atomic mass is 9.98. The van der Waals surface area contributed by atoms with Crippen molar-refractivity contribution < 1.29 is 24.2 Å². The zero-order chi connectivity index (χ0) is 25.0. The van der Waals surface area contributed by atoms with Crippen LogP contribution in [0.1, 0.15) is 43.4 Å². The summed E-state index contributed by atoms with van der Waals surface area (Å²) in [5, 5.41) is 12.5. The van der Waals surface area contributed by atoms with E-state index >= 15 is 0 Å². The van der Waals surface area contributed by atoms with E-state index in [9.17, 15) is 14.7 Å². The first-order valence-electron chi connectivity index (χ1n) is 11.8. The first kappa shape index (κ1) is 24.5. The minimum atomic E-state index is -1.02. The molecule has 35 heavy (non-hydrogen) atoms. The van der Waals surface area contributed by atoms with E-state index in [4.69, 9.17) is 9.47 Å². The van der Waals surface area contributed by atoms with Gasteiger partial charge in [0.1, 0.15) is 24.0 Å². The van der Waals surface area contributed by atoms with Crippen LogP contribution in [0.2, 0.25) is 0 Å². The second kappa shape index (κ2) is 10.3. The minimum Gasteiger partial charge on any atom is -0.488 e. The van der Waals surface area contributed by atoms with E-state index in [0.29, 0.717) is 0 Å². The lowest BCUT2D eigenvalue weighted by molar-refractivity contribution is -0.144. The number of carbonyl (C=O) groups is 2. The molecule has 4 rings (SSSR count). The average molecular weight is 474 g/mol. The van der Waals surface area contributed by atoms with Gasteiger partial charge in [-0.05, 0) is 67.1 Å². The Bertz CT molecular complexity index is 1150. The number of carbonyl (C=O) groups excluding carboxylic acids is 1. The van der Waals surface area contributed by atoms with Crippen LogP contribution in [-0.4, -0.2) is 41.8 Å². The third kappa shape index (κ3) is 6.08. The summed E-state index contributed by atoms with van der Waals surface area (Å²) in [6, 6.07) is 22.7. The van der Waals surface area contributed by atoms with Crippen LogP contribution in [0.15, 0.2) is 72.8 Å². The van der Waals surface area contributed by atoms with E-state index in [1.54, 1.807) is 0 Å². The van der Waals surface area contributed by atoms with Crippen molar-refractivity contribution in [2.75, 3.05) is 13.2 Å². The number of ether oxygens (including phenoxy) is 2. The van der Waals surface area contributed by atoms with Gasteiger partial charge in [0.05, 0.1) is 6.54 Å². The molecule has 0 heterocycles. The highest BCUT2D eigenvalue weighted by molar-refractivity contribution is 5.79. The van der Waals surface area contributed by atoms with Crippen LogP contribution >= 0.6 is 0 Å². The first-order chi connectivity index (χ1) is 16.7. The van der Waals surface area contributed by atoms with Crippen LogP contribution in [0.4, 0.5) is 0 Å². The number of hydrogen-bond acceptors (Lipinski definition) is 5. The van der Waals surface area contributed by atoms with Gasteiger partial charge in [0.25, 0.3) is 0 Å². The van der Waals surface area contributed by atoms with Crippen molar-refractivity contribution >= 4 is 11.9 Å². The Kier molecular flexibility index (Phi) is 7.22. The molecule has 3 aromatic rings. The smallest absolute Gasteiger partial charge is 0.321 e. The van der Waals surface area contributed by atoms with Gasteiger partial charge in [-0.2, -0.15) is 0 Å². The highest BCUT2D eigenvalue weighted by atomic mass is 16.5. The third-order valence-electron chi connectivity index (χ3n) is 5.95. The van der Waals surface area contributed by atoms with E-state index in [0.717, 1.165) is 33.6 Å². The van der Waals surface area contributed by atoms with Gasteiger partial charge in [-0.15, -0.1) is 0 Å². The highest BCUT2D eigenvalue weighted by Gasteiger charge is 2.29. The molecule has 0 spiro atoms. The summed E-state index contributed by atoms with van der Waals surface area (Å²) in [5.74, 6) is -0.811. The molecule has 0 unspecified atom stereocenters. The Labute approximate surface area is 205 Å². The minimum absolute atomic E-state index is 0.0320. The summed E-state index contributed by atoms with van der Waals surface area (Å²) in [6.07, 6.45) is 0.238. The average Bonchev–Trinajstić information content (AvgIpc) is 3.14. The fourth-order valence-corrected chi connectivity index (χ4v) is 4.40. The van der Waals surface area contributed by atoms with Crippen molar-refractivity contribution in [1.29, 1.82) is 0 Å². The van der Waals surface area contributed by atoms with Gasteiger partial charge in [0.2, 0.25) is 0 Å². The highest BCUT2D eigenvalue weighted by Crippen LogP contribution is 2.44. The van der Waals surface area contributed by atoms with Gasteiger partial charge in [0, 0.05) is 5.92 Å². The standard InChI is InChI=1S/C29H31NO5/c1-29(2,3)35-20-14-12-19(13-15-20)16-26(28(32)33)30-17-27(31)34-18-25-23-10-6-4-8-21(23)22-9-5-7-11-24(22)25/h4-15,25-26,30H,16-18H2,1-3H3,(H,32,33)/t26-/m0/s1. The first-order valence-corrected chi connectivity index (χ1v) is 11.8. The van der Waals surface area contributed by atoms with Gasteiger partial charge >= 0.3 is 11.9 Å². The zero-order valence-corrected chi connectivity index (χ0v) is 20.3. The zero-order valence-electron chi connectivity index (χ0n) is 20.3. The van der Waals surface area contributed by atoms with Gasteiger partial charge < -0.3 is 14.6 Å². The molecule has 0 radical (unpaired) electrons. The Balaban J connectivity index is 1.32. The molecule has 0 saturated heterocycles. The SMILES string of the molecule is CC(C)(C)Oc1ccc(C[C@H](NCC(=O)OCC2c3ccccc3-c3ccccc32)C(=O)O)cc1. The lowest BCUT2D eigenvalue weighted by Crippen LogP contribution is -2.41. The molecule has 0 saturated carbocycles. The Morgan fingerprint density at radius 3 is 2.03 bits per heavy atom. The lowest BCUT2D eigenvalue weighted by Gasteiger charge is -2.21. The van der Waals surface area contributed by atoms with Crippen LogP contribution in [0.5, 0.6) is 5.75 Å². The molecule has 1 aliphatic carbocycles. The van der Waals surface area contributed by atoms with Crippen molar-refractivity contribution in [2.45, 2.75) is 44.8 Å². The summed E-state index contributed by atoms with van der Waals surface area (Å²) >= 11 is 0. The Morgan fingerprint density at radius 1 is 0.914 bits per heavy atom. The predicted molar refractivity (Wildman–Crippen MR) is 135 cm³/mol. The van der Waals surface area contributed by atoms with Gasteiger partial charge in [0.15, 0.2) is 0 Å². The number of esters is 1. The molecular formula is C29H31NO5. The van der Waals surface area contributed by atoms with E-state index in [2.05, 4.69) is 29.6 Å². The van der Waals surface area contributed by atoms with Crippen molar-refractivity contribution in [3.63, 3.8) is 0 Å². The van der Waals surface area contributed by atoms with Crippen LogP contribution in [0.3, 0.4) is 0 Å². The van der Waals surface area contributed by atoms with E-state index < -0.39 is 18.0 Å². The number of aliphatic carboxylic acids is 1. The number of benzene rings is 3. The number of fused-ring (bicyclic) bond motifs is 3. The predicted octanol–water partition coefficient (Wildman–Crippen LogP) is 4.80. The second-order valence-electron chi connectivity index (χ2n) is 9.74. The molecule has 0 bridgehead atoms. The van der Waals surface area contributed by atoms with Crippen LogP contribution in [0, 0.1) is 0 Å². The Morgan fingerprint density at radius 2 is 1.49 bits per heavy atom. The third-order valence-corrected chi connectivity index (χ3v) is 5.95. The summed E-state index contributed by atoms with van der Waals surface area (Å²) < 4.78 is 11.4.